The predicted molar refractivity (Wildman–Crippen MR) is 89.2 cm³/mol. The molecule has 1 nitrogen and oxygen atoms in total. The molecule has 2 aromatic rings. The Morgan fingerprint density at radius 2 is 1.95 bits per heavy atom. The lowest BCUT2D eigenvalue weighted by atomic mass is 10.1. The van der Waals surface area contributed by atoms with Gasteiger partial charge in [-0.1, -0.05) is 48.9 Å². The first kappa shape index (κ1) is 16.1. The number of benzene rings is 2. The van der Waals surface area contributed by atoms with E-state index in [-0.39, 0.29) is 11.9 Å². The largest absolute Gasteiger partial charge is 0.310 e. The van der Waals surface area contributed by atoms with Crippen LogP contribution in [0.5, 0.6) is 0 Å². The number of rotatable bonds is 6. The van der Waals surface area contributed by atoms with Gasteiger partial charge in [-0.15, -0.1) is 11.8 Å². The number of nitrogens with one attached hydrogen (secondary N) is 1. The van der Waals surface area contributed by atoms with E-state index in [2.05, 4.69) is 50.4 Å². The fourth-order valence-electron chi connectivity index (χ4n) is 2.39. The summed E-state index contributed by atoms with van der Waals surface area (Å²) in [6.45, 7) is 7.10. The summed E-state index contributed by atoms with van der Waals surface area (Å²) in [6.07, 6.45) is 0. The zero-order valence-corrected chi connectivity index (χ0v) is 13.6. The molecule has 2 aromatic carbocycles. The van der Waals surface area contributed by atoms with Gasteiger partial charge in [0.2, 0.25) is 0 Å². The third kappa shape index (κ3) is 4.32. The second kappa shape index (κ2) is 7.62. The summed E-state index contributed by atoms with van der Waals surface area (Å²) in [5, 5.41) is 3.36. The molecule has 0 bridgehead atoms. The minimum Gasteiger partial charge on any atom is -0.310 e. The summed E-state index contributed by atoms with van der Waals surface area (Å²) >= 11 is 1.57. The van der Waals surface area contributed by atoms with Gasteiger partial charge in [-0.2, -0.15) is 0 Å². The van der Waals surface area contributed by atoms with Gasteiger partial charge in [-0.05, 0) is 37.6 Å². The number of hydrogen-bond acceptors (Lipinski definition) is 2. The smallest absolute Gasteiger partial charge is 0.137 e. The van der Waals surface area contributed by atoms with Crippen molar-refractivity contribution in [1.82, 2.24) is 5.32 Å². The van der Waals surface area contributed by atoms with Crippen molar-refractivity contribution in [2.75, 3.05) is 6.54 Å². The van der Waals surface area contributed by atoms with Crippen LogP contribution in [0.15, 0.2) is 47.4 Å². The maximum atomic E-state index is 14.2. The molecule has 0 spiro atoms. The van der Waals surface area contributed by atoms with E-state index in [1.807, 2.05) is 6.07 Å². The Morgan fingerprint density at radius 3 is 2.67 bits per heavy atom. The Kier molecular flexibility index (Phi) is 5.83. The van der Waals surface area contributed by atoms with E-state index in [0.29, 0.717) is 0 Å². The van der Waals surface area contributed by atoms with Crippen molar-refractivity contribution < 1.29 is 4.39 Å². The molecule has 1 unspecified atom stereocenters. The Morgan fingerprint density at radius 1 is 1.19 bits per heavy atom. The molecule has 3 heteroatoms. The number of aryl methyl sites for hydroxylation is 1. The molecule has 0 aliphatic carbocycles. The average Bonchev–Trinajstić information content (AvgIpc) is 2.46. The number of hydrogen-bond donors (Lipinski definition) is 1. The lowest BCUT2D eigenvalue weighted by Gasteiger charge is -2.17. The highest BCUT2D eigenvalue weighted by molar-refractivity contribution is 7.98. The van der Waals surface area contributed by atoms with Crippen LogP contribution < -0.4 is 5.32 Å². The van der Waals surface area contributed by atoms with Gasteiger partial charge in [-0.3, -0.25) is 0 Å². The molecule has 0 fully saturated rings. The fraction of sp³-hybridized carbons (Fsp3) is 0.333. The van der Waals surface area contributed by atoms with Gasteiger partial charge in [0.15, 0.2) is 0 Å². The SMILES string of the molecule is CCNC(C)c1cccc(F)c1SCc1cccc(C)c1. The van der Waals surface area contributed by atoms with Gasteiger partial charge < -0.3 is 5.32 Å². The van der Waals surface area contributed by atoms with E-state index in [9.17, 15) is 4.39 Å². The first-order chi connectivity index (χ1) is 10.1. The standard InChI is InChI=1S/C18H22FNS/c1-4-20-14(3)16-9-6-10-17(19)18(16)21-12-15-8-5-7-13(2)11-15/h5-11,14,20H,4,12H2,1-3H3. The van der Waals surface area contributed by atoms with Crippen LogP contribution in [0.25, 0.3) is 0 Å². The van der Waals surface area contributed by atoms with Gasteiger partial charge in [-0.25, -0.2) is 4.39 Å². The van der Waals surface area contributed by atoms with Crippen molar-refractivity contribution in [2.24, 2.45) is 0 Å². The third-order valence-electron chi connectivity index (χ3n) is 3.44. The summed E-state index contributed by atoms with van der Waals surface area (Å²) in [5.41, 5.74) is 3.50. The second-order valence-corrected chi connectivity index (χ2v) is 6.20. The Labute approximate surface area is 131 Å². The average molecular weight is 303 g/mol. The first-order valence-corrected chi connectivity index (χ1v) is 8.30. The van der Waals surface area contributed by atoms with Gasteiger partial charge >= 0.3 is 0 Å². The van der Waals surface area contributed by atoms with Crippen LogP contribution >= 0.6 is 11.8 Å². The maximum absolute atomic E-state index is 14.2. The molecule has 0 saturated heterocycles. The topological polar surface area (TPSA) is 12.0 Å². The molecular weight excluding hydrogens is 281 g/mol. The molecule has 1 N–H and O–H groups in total. The number of halogens is 1. The van der Waals surface area contributed by atoms with Crippen molar-refractivity contribution in [3.05, 3.63) is 65.0 Å². The van der Waals surface area contributed by atoms with Crippen molar-refractivity contribution in [2.45, 2.75) is 37.5 Å². The lowest BCUT2D eigenvalue weighted by molar-refractivity contribution is 0.558. The van der Waals surface area contributed by atoms with Crippen molar-refractivity contribution in [3.63, 3.8) is 0 Å². The zero-order valence-electron chi connectivity index (χ0n) is 12.8. The summed E-state index contributed by atoms with van der Waals surface area (Å²) in [7, 11) is 0. The minimum absolute atomic E-state index is 0.130. The fourth-order valence-corrected chi connectivity index (χ4v) is 3.50. The van der Waals surface area contributed by atoms with Gasteiger partial charge in [0, 0.05) is 16.7 Å². The Hall–Kier alpha value is -1.32. The summed E-state index contributed by atoms with van der Waals surface area (Å²) in [4.78, 5) is 0.757. The molecule has 0 aliphatic rings. The van der Waals surface area contributed by atoms with Gasteiger partial charge in [0.25, 0.3) is 0 Å². The van der Waals surface area contributed by atoms with E-state index in [1.54, 1.807) is 23.9 Å². The molecule has 0 radical (unpaired) electrons. The molecule has 0 aliphatic heterocycles. The van der Waals surface area contributed by atoms with E-state index in [1.165, 1.54) is 11.1 Å². The molecule has 0 aromatic heterocycles. The quantitative estimate of drug-likeness (QED) is 0.745. The van der Waals surface area contributed by atoms with Crippen LogP contribution in [0, 0.1) is 12.7 Å². The first-order valence-electron chi connectivity index (χ1n) is 7.32. The molecule has 0 amide bonds. The maximum Gasteiger partial charge on any atom is 0.137 e. The molecule has 2 rings (SSSR count). The molecule has 21 heavy (non-hydrogen) atoms. The predicted octanol–water partition coefficient (Wildman–Crippen LogP) is 5.10. The van der Waals surface area contributed by atoms with E-state index < -0.39 is 0 Å². The highest BCUT2D eigenvalue weighted by atomic mass is 32.2. The summed E-state index contributed by atoms with van der Waals surface area (Å²) in [6, 6.07) is 13.9. The van der Waals surface area contributed by atoms with Gasteiger partial charge in [0.05, 0.1) is 0 Å². The normalized spacial score (nSPS) is 12.4. The highest BCUT2D eigenvalue weighted by Gasteiger charge is 2.14. The second-order valence-electron chi connectivity index (χ2n) is 5.22. The zero-order chi connectivity index (χ0) is 15.2. The third-order valence-corrected chi connectivity index (χ3v) is 4.64. The molecular formula is C18H22FNS. The highest BCUT2D eigenvalue weighted by Crippen LogP contribution is 2.32. The number of thioether (sulfide) groups is 1. The molecule has 0 heterocycles. The van der Waals surface area contributed by atoms with Crippen LogP contribution in [-0.4, -0.2) is 6.54 Å². The van der Waals surface area contributed by atoms with Crippen molar-refractivity contribution in [1.29, 1.82) is 0 Å². The van der Waals surface area contributed by atoms with Gasteiger partial charge in [0.1, 0.15) is 5.82 Å². The Bertz CT molecular complexity index is 598. The summed E-state index contributed by atoms with van der Waals surface area (Å²) in [5.74, 6) is 0.656. The van der Waals surface area contributed by atoms with Crippen molar-refractivity contribution >= 4 is 11.8 Å². The van der Waals surface area contributed by atoms with Crippen molar-refractivity contribution in [3.8, 4) is 0 Å². The lowest BCUT2D eigenvalue weighted by Crippen LogP contribution is -2.18. The van der Waals surface area contributed by atoms with Crippen LogP contribution in [0.1, 0.15) is 36.6 Å². The van der Waals surface area contributed by atoms with Crippen LogP contribution in [-0.2, 0) is 5.75 Å². The van der Waals surface area contributed by atoms with E-state index in [4.69, 9.17) is 0 Å². The minimum atomic E-state index is -0.130. The molecule has 0 saturated carbocycles. The van der Waals surface area contributed by atoms with Crippen LogP contribution in [0.3, 0.4) is 0 Å². The Balaban J connectivity index is 2.19. The summed E-state index contributed by atoms with van der Waals surface area (Å²) < 4.78 is 14.2. The van der Waals surface area contributed by atoms with Crippen LogP contribution in [0.4, 0.5) is 4.39 Å². The molecule has 1 atom stereocenters. The van der Waals surface area contributed by atoms with E-state index >= 15 is 0 Å². The monoisotopic (exact) mass is 303 g/mol. The van der Waals surface area contributed by atoms with Crippen LogP contribution in [0.2, 0.25) is 0 Å². The molecule has 112 valence electrons. The van der Waals surface area contributed by atoms with E-state index in [0.717, 1.165) is 22.8 Å².